The monoisotopic (exact) mass is 427 g/mol. The molecule has 8 heteroatoms. The highest BCUT2D eigenvalue weighted by Gasteiger charge is 2.23. The molecular formula is C21H18FN3O2S2. The molecular weight excluding hydrogens is 409 g/mol. The van der Waals surface area contributed by atoms with Gasteiger partial charge >= 0.3 is 0 Å². The van der Waals surface area contributed by atoms with Crippen molar-refractivity contribution in [3.05, 3.63) is 81.1 Å². The predicted molar refractivity (Wildman–Crippen MR) is 116 cm³/mol. The van der Waals surface area contributed by atoms with E-state index in [2.05, 4.69) is 16.9 Å². The first-order valence-corrected chi connectivity index (χ1v) is 10.5. The van der Waals surface area contributed by atoms with Gasteiger partial charge in [0, 0.05) is 22.8 Å². The first-order valence-electron chi connectivity index (χ1n) is 9.09. The van der Waals surface area contributed by atoms with E-state index in [1.165, 1.54) is 16.7 Å². The number of benzene rings is 2. The number of nitrogens with zero attached hydrogens (tertiary/aromatic N) is 1. The van der Waals surface area contributed by atoms with Gasteiger partial charge in [-0.25, -0.2) is 4.39 Å². The van der Waals surface area contributed by atoms with Crippen molar-refractivity contribution in [3.8, 4) is 0 Å². The molecule has 1 aliphatic heterocycles. The Balaban J connectivity index is 1.66. The number of fused-ring (bicyclic) bond motifs is 2. The summed E-state index contributed by atoms with van der Waals surface area (Å²) in [6.07, 6.45) is 2.32. The number of thioether (sulfide) groups is 1. The second-order valence-electron chi connectivity index (χ2n) is 6.74. The van der Waals surface area contributed by atoms with Gasteiger partial charge in [-0.2, -0.15) is 0 Å². The number of carbonyl (C=O) groups excluding carboxylic acids is 1. The topological polar surface area (TPSA) is 66.9 Å². The average Bonchev–Trinajstić information content (AvgIpc) is 2.71. The van der Waals surface area contributed by atoms with E-state index in [0.29, 0.717) is 23.0 Å². The van der Waals surface area contributed by atoms with E-state index in [9.17, 15) is 14.0 Å². The Hall–Kier alpha value is -2.71. The van der Waals surface area contributed by atoms with Crippen LogP contribution in [-0.4, -0.2) is 21.2 Å². The summed E-state index contributed by atoms with van der Waals surface area (Å²) in [6.45, 7) is 3.94. The van der Waals surface area contributed by atoms with E-state index >= 15 is 0 Å². The van der Waals surface area contributed by atoms with Crippen LogP contribution in [0.4, 0.5) is 4.39 Å². The molecule has 1 aromatic heterocycles. The summed E-state index contributed by atoms with van der Waals surface area (Å²) in [5.74, 6) is 0.241. The van der Waals surface area contributed by atoms with Gasteiger partial charge in [0.15, 0.2) is 4.77 Å². The highest BCUT2D eigenvalue weighted by molar-refractivity contribution is 7.99. The molecule has 0 spiro atoms. The number of rotatable bonds is 4. The van der Waals surface area contributed by atoms with Crippen LogP contribution in [0.5, 0.6) is 0 Å². The summed E-state index contributed by atoms with van der Waals surface area (Å²) in [5, 5.41) is 3.43. The van der Waals surface area contributed by atoms with Gasteiger partial charge in [0.2, 0.25) is 0 Å². The molecule has 2 heterocycles. The third-order valence-electron chi connectivity index (χ3n) is 4.87. The van der Waals surface area contributed by atoms with E-state index in [0.717, 1.165) is 22.6 Å². The first kappa shape index (κ1) is 19.6. The van der Waals surface area contributed by atoms with E-state index in [1.807, 2.05) is 0 Å². The van der Waals surface area contributed by atoms with Crippen molar-refractivity contribution in [2.75, 3.05) is 5.75 Å². The van der Waals surface area contributed by atoms with Gasteiger partial charge in [0.05, 0.1) is 16.9 Å². The molecule has 2 aromatic carbocycles. The molecule has 2 N–H and O–H groups in total. The largest absolute Gasteiger partial charge is 0.345 e. The Morgan fingerprint density at radius 2 is 2.21 bits per heavy atom. The minimum atomic E-state index is -0.320. The van der Waals surface area contributed by atoms with Gasteiger partial charge in [-0.1, -0.05) is 6.08 Å². The lowest BCUT2D eigenvalue weighted by molar-refractivity contribution is 0.0935. The summed E-state index contributed by atoms with van der Waals surface area (Å²) in [7, 11) is 0. The Morgan fingerprint density at radius 3 is 3.00 bits per heavy atom. The van der Waals surface area contributed by atoms with E-state index < -0.39 is 0 Å². The zero-order valence-corrected chi connectivity index (χ0v) is 17.0. The summed E-state index contributed by atoms with van der Waals surface area (Å²) in [6, 6.07) is 9.24. The Kier molecular flexibility index (Phi) is 5.38. The lowest BCUT2D eigenvalue weighted by Gasteiger charge is -2.26. The molecule has 29 heavy (non-hydrogen) atoms. The number of H-pyrrole nitrogens is 1. The third kappa shape index (κ3) is 3.77. The fourth-order valence-corrected chi connectivity index (χ4v) is 4.82. The smallest absolute Gasteiger partial charge is 0.262 e. The molecule has 0 saturated heterocycles. The maximum absolute atomic E-state index is 13.7. The fraction of sp³-hybridized carbons (Fsp3) is 0.190. The average molecular weight is 428 g/mol. The van der Waals surface area contributed by atoms with Gasteiger partial charge in [0.1, 0.15) is 5.82 Å². The molecule has 4 rings (SSSR count). The Bertz CT molecular complexity index is 1250. The van der Waals surface area contributed by atoms with Crippen molar-refractivity contribution in [1.82, 2.24) is 14.9 Å². The van der Waals surface area contributed by atoms with Crippen LogP contribution >= 0.6 is 24.0 Å². The predicted octanol–water partition coefficient (Wildman–Crippen LogP) is 4.35. The number of nitrogens with one attached hydrogen (secondary N) is 2. The lowest BCUT2D eigenvalue weighted by atomic mass is 10.0. The minimum absolute atomic E-state index is 0.232. The van der Waals surface area contributed by atoms with Gasteiger partial charge in [-0.15, -0.1) is 18.3 Å². The van der Waals surface area contributed by atoms with E-state index in [-0.39, 0.29) is 28.1 Å². The van der Waals surface area contributed by atoms with Crippen LogP contribution < -0.4 is 10.9 Å². The number of aromatic amines is 1. The lowest BCUT2D eigenvalue weighted by Crippen LogP contribution is -2.31. The highest BCUT2D eigenvalue weighted by atomic mass is 32.2. The maximum Gasteiger partial charge on any atom is 0.262 e. The standard InChI is InChI=1S/C21H18FN3O2S2/c1-2-8-25-20(27)14-5-3-12(10-17(14)24-21(25)28)19(26)23-16-7-9-29-18-6-4-13(22)11-15(16)18/h2-6,10-11,16H,1,7-9H2,(H,23,26)(H,24,28). The van der Waals surface area contributed by atoms with Gasteiger partial charge in [-0.3, -0.25) is 14.2 Å². The molecule has 1 unspecified atom stereocenters. The zero-order chi connectivity index (χ0) is 20.5. The Labute approximate surface area is 175 Å². The van der Waals surface area contributed by atoms with Crippen molar-refractivity contribution in [3.63, 3.8) is 0 Å². The summed E-state index contributed by atoms with van der Waals surface area (Å²) < 4.78 is 15.4. The molecule has 1 aliphatic rings. The minimum Gasteiger partial charge on any atom is -0.345 e. The van der Waals surface area contributed by atoms with Crippen LogP contribution in [0, 0.1) is 10.6 Å². The number of amides is 1. The summed E-state index contributed by atoms with van der Waals surface area (Å²) >= 11 is 6.91. The molecule has 0 aliphatic carbocycles. The quantitative estimate of drug-likeness (QED) is 0.480. The van der Waals surface area contributed by atoms with Crippen molar-refractivity contribution in [1.29, 1.82) is 0 Å². The maximum atomic E-state index is 13.7. The number of hydrogen-bond acceptors (Lipinski definition) is 4. The molecule has 148 valence electrons. The van der Waals surface area contributed by atoms with Gasteiger partial charge in [-0.05, 0) is 60.6 Å². The molecule has 1 atom stereocenters. The normalized spacial score (nSPS) is 15.7. The van der Waals surface area contributed by atoms with Crippen molar-refractivity contribution >= 4 is 40.8 Å². The number of allylic oxidation sites excluding steroid dienone is 1. The molecule has 0 radical (unpaired) electrons. The van der Waals surface area contributed by atoms with Crippen LogP contribution in [0.25, 0.3) is 10.9 Å². The second kappa shape index (κ2) is 7.96. The number of hydrogen-bond donors (Lipinski definition) is 2. The zero-order valence-electron chi connectivity index (χ0n) is 15.4. The van der Waals surface area contributed by atoms with Crippen LogP contribution in [0.1, 0.15) is 28.4 Å². The van der Waals surface area contributed by atoms with Gasteiger partial charge in [0.25, 0.3) is 11.5 Å². The molecule has 3 aromatic rings. The third-order valence-corrected chi connectivity index (χ3v) is 6.32. The SMILES string of the molecule is C=CCn1c(=S)[nH]c2cc(C(=O)NC3CCSc4ccc(F)cc43)ccc2c1=O. The van der Waals surface area contributed by atoms with E-state index in [1.54, 1.807) is 42.1 Å². The van der Waals surface area contributed by atoms with Crippen molar-refractivity contribution < 1.29 is 9.18 Å². The molecule has 5 nitrogen and oxygen atoms in total. The van der Waals surface area contributed by atoms with Crippen molar-refractivity contribution in [2.24, 2.45) is 0 Å². The second-order valence-corrected chi connectivity index (χ2v) is 8.26. The number of aromatic nitrogens is 2. The Morgan fingerprint density at radius 1 is 1.38 bits per heavy atom. The molecule has 1 amide bonds. The van der Waals surface area contributed by atoms with Gasteiger partial charge < -0.3 is 10.3 Å². The molecule has 0 fully saturated rings. The highest BCUT2D eigenvalue weighted by Crippen LogP contribution is 2.36. The number of halogens is 1. The van der Waals surface area contributed by atoms with Crippen molar-refractivity contribution in [2.45, 2.75) is 23.9 Å². The van der Waals surface area contributed by atoms with E-state index in [4.69, 9.17) is 12.2 Å². The number of carbonyl (C=O) groups is 1. The first-order chi connectivity index (χ1) is 14.0. The molecule has 0 saturated carbocycles. The van der Waals surface area contributed by atoms with Crippen LogP contribution in [0.2, 0.25) is 0 Å². The molecule has 0 bridgehead atoms. The van der Waals surface area contributed by atoms with Crippen LogP contribution in [-0.2, 0) is 6.54 Å². The fourth-order valence-electron chi connectivity index (χ4n) is 3.45. The van der Waals surface area contributed by atoms with Crippen LogP contribution in [0.15, 0.2) is 58.7 Å². The summed E-state index contributed by atoms with van der Waals surface area (Å²) in [4.78, 5) is 29.4. The summed E-state index contributed by atoms with van der Waals surface area (Å²) in [5.41, 5.74) is 1.46. The van der Waals surface area contributed by atoms with Crippen LogP contribution in [0.3, 0.4) is 0 Å².